The fraction of sp³-hybridized carbons (Fsp3) is 0.222. The maximum absolute atomic E-state index is 12.1. The average molecular weight is 489 g/mol. The molecule has 10 nitrogen and oxygen atoms in total. The van der Waals surface area contributed by atoms with Crippen LogP contribution in [0.4, 0.5) is 11.4 Å². The molecule has 0 unspecified atom stereocenters. The Morgan fingerprint density at radius 1 is 0.774 bits per heavy atom. The zero-order chi connectivity index (χ0) is 23.4. The third kappa shape index (κ3) is 7.23. The Morgan fingerprint density at radius 3 is 1.77 bits per heavy atom. The molecule has 0 atom stereocenters. The third-order valence-corrected chi connectivity index (χ3v) is 7.21. The number of rotatable bonds is 7. The first kappa shape index (κ1) is 24.6. The van der Waals surface area contributed by atoms with Gasteiger partial charge in [0.2, 0.25) is 9.84 Å². The predicted molar refractivity (Wildman–Crippen MR) is 115 cm³/mol. The average Bonchev–Trinajstić information content (AvgIpc) is 2.62. The Morgan fingerprint density at radius 2 is 1.26 bits per heavy atom. The second kappa shape index (κ2) is 9.25. The van der Waals surface area contributed by atoms with Crippen LogP contribution in [-0.4, -0.2) is 40.1 Å². The highest BCUT2D eigenvalue weighted by Crippen LogP contribution is 2.21. The van der Waals surface area contributed by atoms with Crippen LogP contribution >= 0.6 is 0 Å². The Hall–Kier alpha value is -2.63. The van der Waals surface area contributed by atoms with E-state index in [1.807, 2.05) is 0 Å². The summed E-state index contributed by atoms with van der Waals surface area (Å²) in [6.07, 6.45) is 0.262. The Kier molecular flexibility index (Phi) is 7.35. The summed E-state index contributed by atoms with van der Waals surface area (Å²) in [5.74, 6) is 2.14. The van der Waals surface area contributed by atoms with E-state index in [0.717, 1.165) is 6.07 Å². The summed E-state index contributed by atoms with van der Waals surface area (Å²) in [6.45, 7) is 0. The topological polar surface area (TPSA) is 195 Å². The van der Waals surface area contributed by atoms with Crippen LogP contribution in [0.5, 0.6) is 0 Å². The molecular weight excluding hydrogens is 468 g/mol. The van der Waals surface area contributed by atoms with Crippen molar-refractivity contribution >= 4 is 41.4 Å². The summed E-state index contributed by atoms with van der Waals surface area (Å²) in [5, 5.41) is 2.13. The maximum atomic E-state index is 12.1. The van der Waals surface area contributed by atoms with Gasteiger partial charge in [-0.05, 0) is 48.2 Å². The smallest absolute Gasteiger partial charge is 0.296 e. The summed E-state index contributed by atoms with van der Waals surface area (Å²) >= 11 is 0. The highest BCUT2D eigenvalue weighted by molar-refractivity contribution is 7.96. The van der Waals surface area contributed by atoms with Gasteiger partial charge in [-0.15, -0.1) is 0 Å². The summed E-state index contributed by atoms with van der Waals surface area (Å²) in [5.41, 5.74) is 11.6. The lowest BCUT2D eigenvalue weighted by atomic mass is 10.1. The fourth-order valence-electron chi connectivity index (χ4n) is 2.64. The molecule has 0 aliphatic heterocycles. The molecule has 0 heterocycles. The van der Waals surface area contributed by atoms with Crippen molar-refractivity contribution in [2.45, 2.75) is 29.1 Å². The van der Waals surface area contributed by atoms with E-state index >= 15 is 0 Å². The minimum Gasteiger partial charge on any atom is -0.398 e. The van der Waals surface area contributed by atoms with E-state index < -0.39 is 39.9 Å². The van der Waals surface area contributed by atoms with E-state index in [2.05, 4.69) is 11.2 Å². The van der Waals surface area contributed by atoms with Gasteiger partial charge in [0.25, 0.3) is 20.2 Å². The van der Waals surface area contributed by atoms with Crippen LogP contribution in [0.2, 0.25) is 0 Å². The van der Waals surface area contributed by atoms with Crippen molar-refractivity contribution in [2.24, 2.45) is 0 Å². The predicted octanol–water partition coefficient (Wildman–Crippen LogP) is 0.895. The van der Waals surface area contributed by atoms with Gasteiger partial charge in [-0.2, -0.15) is 16.8 Å². The molecule has 168 valence electrons. The normalized spacial score (nSPS) is 12.2. The van der Waals surface area contributed by atoms with Crippen molar-refractivity contribution in [1.29, 1.82) is 0 Å². The molecule has 0 fully saturated rings. The van der Waals surface area contributed by atoms with Crippen molar-refractivity contribution in [3.8, 4) is 11.2 Å². The van der Waals surface area contributed by atoms with Crippen molar-refractivity contribution in [1.82, 2.24) is 0 Å². The van der Waals surface area contributed by atoms with Gasteiger partial charge in [-0.1, -0.05) is 18.1 Å². The molecule has 2 aromatic carbocycles. The minimum atomic E-state index is -4.52. The molecule has 2 aromatic rings. The Balaban J connectivity index is 2.03. The first-order valence-electron chi connectivity index (χ1n) is 8.63. The zero-order valence-corrected chi connectivity index (χ0v) is 18.5. The maximum Gasteiger partial charge on any atom is 0.296 e. The van der Waals surface area contributed by atoms with Gasteiger partial charge in [0.15, 0.2) is 0 Å². The van der Waals surface area contributed by atoms with E-state index in [0.29, 0.717) is 11.1 Å². The van der Waals surface area contributed by atoms with Crippen molar-refractivity contribution in [2.75, 3.05) is 17.2 Å². The molecule has 0 aliphatic carbocycles. The van der Waals surface area contributed by atoms with Crippen LogP contribution in [0.25, 0.3) is 0 Å². The number of sulfone groups is 1. The number of benzene rings is 2. The molecular formula is C18H20N2O8S3. The number of hydrogen-bond acceptors (Lipinski definition) is 8. The molecule has 0 saturated heterocycles. The molecule has 2 rings (SSSR count). The largest absolute Gasteiger partial charge is 0.398 e. The second-order valence-corrected chi connectivity index (χ2v) is 11.2. The van der Waals surface area contributed by atoms with Crippen LogP contribution in [0.3, 0.4) is 0 Å². The van der Waals surface area contributed by atoms with Gasteiger partial charge in [-0.25, -0.2) is 8.42 Å². The van der Waals surface area contributed by atoms with E-state index in [1.165, 1.54) is 30.3 Å². The van der Waals surface area contributed by atoms with Crippen molar-refractivity contribution < 1.29 is 34.4 Å². The van der Waals surface area contributed by atoms with E-state index in [1.54, 1.807) is 0 Å². The van der Waals surface area contributed by atoms with E-state index in [9.17, 15) is 25.3 Å². The molecule has 0 aromatic heterocycles. The first-order chi connectivity index (χ1) is 14.2. The lowest BCUT2D eigenvalue weighted by molar-refractivity contribution is 0.481. The Bertz CT molecular complexity index is 1370. The summed E-state index contributed by atoms with van der Waals surface area (Å²) < 4.78 is 87.5. The number of anilines is 2. The SMILES string of the molecule is Nc1ccc(CC#CS(=O)(=O)CCCc2ccc(N)c(S(=O)(=O)O)c2)cc1S(=O)(=O)O. The van der Waals surface area contributed by atoms with Gasteiger partial charge >= 0.3 is 0 Å². The van der Waals surface area contributed by atoms with E-state index in [-0.39, 0.29) is 36.4 Å². The fourth-order valence-corrected chi connectivity index (χ4v) is 4.89. The highest BCUT2D eigenvalue weighted by Gasteiger charge is 2.16. The van der Waals surface area contributed by atoms with Crippen molar-refractivity contribution in [3.05, 3.63) is 47.5 Å². The number of hydrogen-bond donors (Lipinski definition) is 4. The quantitative estimate of drug-likeness (QED) is 0.188. The zero-order valence-electron chi connectivity index (χ0n) is 16.0. The number of aryl methyl sites for hydroxylation is 1. The molecule has 0 saturated carbocycles. The van der Waals surface area contributed by atoms with Gasteiger partial charge in [0, 0.05) is 11.7 Å². The number of nitrogens with two attached hydrogens (primary N) is 2. The number of nitrogen functional groups attached to an aromatic ring is 2. The monoisotopic (exact) mass is 488 g/mol. The lowest BCUT2D eigenvalue weighted by Gasteiger charge is -2.06. The van der Waals surface area contributed by atoms with Crippen molar-refractivity contribution in [3.63, 3.8) is 0 Å². The van der Waals surface area contributed by atoms with Crippen LogP contribution < -0.4 is 11.5 Å². The van der Waals surface area contributed by atoms with Gasteiger partial charge in [-0.3, -0.25) is 9.11 Å². The first-order valence-corrected chi connectivity index (χ1v) is 13.2. The molecule has 13 heteroatoms. The standard InChI is InChI=1S/C18H20N2O8S3/c19-15-7-5-13(11-17(15)30(23,24)25)3-1-9-29(21,22)10-2-4-14-6-8-16(20)18(12-14)31(26,27)28/h5-8,11-12H,1,3-4,9,19-20H2,(H,23,24,25)(H,26,27,28). The van der Waals surface area contributed by atoms with Gasteiger partial charge < -0.3 is 11.5 Å². The van der Waals surface area contributed by atoms with Crippen LogP contribution in [0.15, 0.2) is 46.2 Å². The Labute approximate surface area is 180 Å². The van der Waals surface area contributed by atoms with Gasteiger partial charge in [0.1, 0.15) is 9.79 Å². The minimum absolute atomic E-state index is 0.0856. The van der Waals surface area contributed by atoms with Crippen LogP contribution in [0.1, 0.15) is 17.5 Å². The third-order valence-electron chi connectivity index (χ3n) is 4.11. The highest BCUT2D eigenvalue weighted by atomic mass is 32.2. The summed E-state index contributed by atoms with van der Waals surface area (Å²) in [6, 6.07) is 7.84. The molecule has 0 amide bonds. The molecule has 0 spiro atoms. The molecule has 0 bridgehead atoms. The summed E-state index contributed by atoms with van der Waals surface area (Å²) in [4.78, 5) is -0.928. The van der Waals surface area contributed by atoms with Gasteiger partial charge in [0.05, 0.1) is 17.1 Å². The second-order valence-electron chi connectivity index (χ2n) is 6.57. The lowest BCUT2D eigenvalue weighted by Crippen LogP contribution is -2.06. The molecule has 31 heavy (non-hydrogen) atoms. The molecule has 6 N–H and O–H groups in total. The summed E-state index contributed by atoms with van der Waals surface area (Å²) in [7, 11) is -12.8. The van der Waals surface area contributed by atoms with Crippen LogP contribution in [0, 0.1) is 11.2 Å². The van der Waals surface area contributed by atoms with Crippen LogP contribution in [-0.2, 0) is 42.9 Å². The molecule has 0 radical (unpaired) electrons. The van der Waals surface area contributed by atoms with E-state index in [4.69, 9.17) is 20.6 Å². The molecule has 0 aliphatic rings.